The lowest BCUT2D eigenvalue weighted by Crippen LogP contribution is -2.23. The van der Waals surface area contributed by atoms with Gasteiger partial charge in [0.2, 0.25) is 15.9 Å². The Kier molecular flexibility index (Phi) is 6.13. The van der Waals surface area contributed by atoms with E-state index in [2.05, 4.69) is 15.4 Å². The molecule has 0 unspecified atom stereocenters. The molecule has 0 heterocycles. The second kappa shape index (κ2) is 8.14. The maximum atomic E-state index is 12.2. The Balaban J connectivity index is 2.16. The van der Waals surface area contributed by atoms with E-state index in [-0.39, 0.29) is 23.0 Å². The second-order valence-electron chi connectivity index (χ2n) is 5.86. The monoisotopic (exact) mass is 392 g/mol. The normalized spacial score (nSPS) is 11.1. The van der Waals surface area contributed by atoms with Gasteiger partial charge in [0.25, 0.3) is 5.69 Å². The van der Waals surface area contributed by atoms with Gasteiger partial charge in [0.15, 0.2) is 0 Å². The number of nitro benzene ring substituents is 1. The Morgan fingerprint density at radius 1 is 1.11 bits per heavy atom. The van der Waals surface area contributed by atoms with E-state index in [4.69, 9.17) is 0 Å². The molecule has 0 spiro atoms. The van der Waals surface area contributed by atoms with Crippen LogP contribution in [0.3, 0.4) is 0 Å². The van der Waals surface area contributed by atoms with Crippen LogP contribution < -0.4 is 15.4 Å². The van der Waals surface area contributed by atoms with Crippen molar-refractivity contribution in [2.24, 2.45) is 0 Å². The maximum absolute atomic E-state index is 12.2. The molecule has 1 amide bonds. The molecule has 0 saturated heterocycles. The van der Waals surface area contributed by atoms with Crippen LogP contribution in [-0.4, -0.2) is 32.8 Å². The van der Waals surface area contributed by atoms with E-state index < -0.39 is 20.6 Å². The molecule has 0 saturated carbocycles. The molecule has 0 aliphatic heterocycles. The average Bonchev–Trinajstić information content (AvgIpc) is 2.62. The molecule has 27 heavy (non-hydrogen) atoms. The van der Waals surface area contributed by atoms with Crippen molar-refractivity contribution in [2.45, 2.75) is 18.7 Å². The first-order chi connectivity index (χ1) is 12.6. The fraction of sp³-hybridized carbons (Fsp3) is 0.235. The number of hydrogen-bond donors (Lipinski definition) is 3. The van der Waals surface area contributed by atoms with Gasteiger partial charge in [-0.1, -0.05) is 12.1 Å². The third-order valence-electron chi connectivity index (χ3n) is 3.85. The van der Waals surface area contributed by atoms with Crippen LogP contribution in [0.25, 0.3) is 0 Å². The summed E-state index contributed by atoms with van der Waals surface area (Å²) in [7, 11) is -2.60. The first-order valence-electron chi connectivity index (χ1n) is 7.97. The van der Waals surface area contributed by atoms with Crippen LogP contribution in [0.1, 0.15) is 11.1 Å². The highest BCUT2D eigenvalue weighted by Crippen LogP contribution is 2.27. The zero-order valence-corrected chi connectivity index (χ0v) is 15.9. The zero-order chi connectivity index (χ0) is 20.2. The van der Waals surface area contributed by atoms with Crippen LogP contribution in [0.4, 0.5) is 17.1 Å². The minimum Gasteiger partial charge on any atom is -0.371 e. The Bertz CT molecular complexity index is 989. The summed E-state index contributed by atoms with van der Waals surface area (Å²) in [6.45, 7) is 3.54. The molecule has 0 aromatic heterocycles. The lowest BCUT2D eigenvalue weighted by atomic mass is 10.1. The summed E-state index contributed by atoms with van der Waals surface area (Å²) in [6, 6.07) is 9.05. The number of carbonyl (C=O) groups is 1. The number of amides is 1. The van der Waals surface area contributed by atoms with Crippen LogP contribution in [0.5, 0.6) is 0 Å². The van der Waals surface area contributed by atoms with E-state index in [0.29, 0.717) is 5.69 Å². The van der Waals surface area contributed by atoms with Gasteiger partial charge in [0.1, 0.15) is 5.69 Å². The Morgan fingerprint density at radius 3 is 2.44 bits per heavy atom. The molecule has 10 heteroatoms. The molecule has 2 aromatic carbocycles. The van der Waals surface area contributed by atoms with Crippen molar-refractivity contribution in [2.75, 3.05) is 24.2 Å². The number of carbonyl (C=O) groups excluding carboxylic acids is 1. The minimum atomic E-state index is -3.81. The quantitative estimate of drug-likeness (QED) is 0.489. The highest BCUT2D eigenvalue weighted by Gasteiger charge is 2.20. The Labute approximate surface area is 157 Å². The van der Waals surface area contributed by atoms with Crippen LogP contribution in [0.2, 0.25) is 0 Å². The number of aryl methyl sites for hydroxylation is 2. The lowest BCUT2D eigenvalue weighted by Gasteiger charge is -2.11. The zero-order valence-electron chi connectivity index (χ0n) is 15.1. The maximum Gasteiger partial charge on any atom is 0.293 e. The van der Waals surface area contributed by atoms with Crippen molar-refractivity contribution >= 4 is 33.0 Å². The van der Waals surface area contributed by atoms with Crippen LogP contribution in [0, 0.1) is 24.0 Å². The lowest BCUT2D eigenvalue weighted by molar-refractivity contribution is -0.384. The number of anilines is 2. The number of sulfonamides is 1. The average molecular weight is 392 g/mol. The van der Waals surface area contributed by atoms with Gasteiger partial charge >= 0.3 is 0 Å². The van der Waals surface area contributed by atoms with Gasteiger partial charge in [-0.05, 0) is 50.2 Å². The molecular weight excluding hydrogens is 372 g/mol. The summed E-state index contributed by atoms with van der Waals surface area (Å²) in [5.41, 5.74) is 2.14. The summed E-state index contributed by atoms with van der Waals surface area (Å²) in [6.07, 6.45) is 0. The number of benzene rings is 2. The molecule has 3 N–H and O–H groups in total. The van der Waals surface area contributed by atoms with Gasteiger partial charge in [-0.2, -0.15) is 0 Å². The summed E-state index contributed by atoms with van der Waals surface area (Å²) >= 11 is 0. The number of nitrogens with zero attached hydrogens (tertiary/aromatic N) is 1. The highest BCUT2D eigenvalue weighted by molar-refractivity contribution is 7.89. The van der Waals surface area contributed by atoms with Crippen LogP contribution in [-0.2, 0) is 14.8 Å². The topological polar surface area (TPSA) is 130 Å². The van der Waals surface area contributed by atoms with Crippen molar-refractivity contribution in [3.63, 3.8) is 0 Å². The predicted octanol–water partition coefficient (Wildman–Crippen LogP) is 2.17. The summed E-state index contributed by atoms with van der Waals surface area (Å²) in [5.74, 6) is -0.384. The third kappa shape index (κ3) is 5.02. The number of hydrogen-bond acceptors (Lipinski definition) is 6. The Hall–Kier alpha value is -2.98. The van der Waals surface area contributed by atoms with Gasteiger partial charge in [0.05, 0.1) is 16.4 Å². The molecule has 9 nitrogen and oxygen atoms in total. The largest absolute Gasteiger partial charge is 0.371 e. The standard InChI is InChI=1S/C17H20N4O5S/c1-11-4-5-12(2)15(8-11)20-17(22)10-19-14-7-6-13(27(25,26)18-3)9-16(14)21(23)24/h4-9,18-19H,10H2,1-3H3,(H,20,22). The van der Waals surface area contributed by atoms with Crippen molar-refractivity contribution in [3.05, 3.63) is 57.6 Å². The van der Waals surface area contributed by atoms with Crippen molar-refractivity contribution < 1.29 is 18.1 Å². The summed E-state index contributed by atoms with van der Waals surface area (Å²) in [5, 5.41) is 16.7. The highest BCUT2D eigenvalue weighted by atomic mass is 32.2. The summed E-state index contributed by atoms with van der Waals surface area (Å²) in [4.78, 5) is 22.5. The van der Waals surface area contributed by atoms with E-state index in [0.717, 1.165) is 17.2 Å². The van der Waals surface area contributed by atoms with Crippen molar-refractivity contribution in [1.82, 2.24) is 4.72 Å². The molecule has 0 bridgehead atoms. The SMILES string of the molecule is CNS(=O)(=O)c1ccc(NCC(=O)Nc2cc(C)ccc2C)c([N+](=O)[O-])c1. The smallest absolute Gasteiger partial charge is 0.293 e. The van der Waals surface area contributed by atoms with Crippen LogP contribution >= 0.6 is 0 Å². The Morgan fingerprint density at radius 2 is 1.81 bits per heavy atom. The number of nitrogens with one attached hydrogen (secondary N) is 3. The molecule has 2 rings (SSSR count). The summed E-state index contributed by atoms with van der Waals surface area (Å²) < 4.78 is 25.7. The first-order valence-corrected chi connectivity index (χ1v) is 9.45. The molecule has 0 aliphatic carbocycles. The fourth-order valence-electron chi connectivity index (χ4n) is 2.34. The van der Waals surface area contributed by atoms with E-state index >= 15 is 0 Å². The fourth-order valence-corrected chi connectivity index (χ4v) is 3.09. The molecule has 144 valence electrons. The van der Waals surface area contributed by atoms with Gasteiger partial charge in [-0.15, -0.1) is 0 Å². The second-order valence-corrected chi connectivity index (χ2v) is 7.75. The van der Waals surface area contributed by atoms with E-state index in [1.807, 2.05) is 32.0 Å². The molecule has 0 radical (unpaired) electrons. The molecular formula is C17H20N4O5S. The molecule has 2 aromatic rings. The molecule has 0 fully saturated rings. The predicted molar refractivity (Wildman–Crippen MR) is 102 cm³/mol. The van der Waals surface area contributed by atoms with Gasteiger partial charge in [0, 0.05) is 11.8 Å². The van der Waals surface area contributed by atoms with Crippen molar-refractivity contribution in [3.8, 4) is 0 Å². The first kappa shape index (κ1) is 20.3. The van der Waals surface area contributed by atoms with Gasteiger partial charge < -0.3 is 10.6 Å². The minimum absolute atomic E-state index is 0.0474. The van der Waals surface area contributed by atoms with E-state index in [1.54, 1.807) is 0 Å². The number of rotatable bonds is 7. The molecule has 0 aliphatic rings. The van der Waals surface area contributed by atoms with E-state index in [1.165, 1.54) is 19.2 Å². The third-order valence-corrected chi connectivity index (χ3v) is 5.26. The van der Waals surface area contributed by atoms with Crippen molar-refractivity contribution in [1.29, 1.82) is 0 Å². The van der Waals surface area contributed by atoms with E-state index in [9.17, 15) is 23.3 Å². The van der Waals surface area contributed by atoms with Crippen LogP contribution in [0.15, 0.2) is 41.3 Å². The van der Waals surface area contributed by atoms with Gasteiger partial charge in [-0.25, -0.2) is 13.1 Å². The molecule has 0 atom stereocenters. The van der Waals surface area contributed by atoms with Gasteiger partial charge in [-0.3, -0.25) is 14.9 Å². The number of nitro groups is 1.